The Bertz CT molecular complexity index is 378. The first-order valence-electron chi connectivity index (χ1n) is 5.35. The molecule has 94 valence electrons. The molecule has 3 N–H and O–H groups in total. The topological polar surface area (TPSA) is 83.6 Å². The Morgan fingerprint density at radius 3 is 2.76 bits per heavy atom. The number of nitrogens with zero attached hydrogens (tertiary/aromatic N) is 1. The third-order valence-corrected chi connectivity index (χ3v) is 3.20. The molecule has 0 saturated heterocycles. The molecule has 1 heterocycles. The summed E-state index contributed by atoms with van der Waals surface area (Å²) < 4.78 is 0. The molecular weight excluding hydrogens is 240 g/mol. The van der Waals surface area contributed by atoms with Crippen LogP contribution in [0.25, 0.3) is 0 Å². The summed E-state index contributed by atoms with van der Waals surface area (Å²) in [6.45, 7) is 1.99. The molecule has 1 aromatic heterocycles. The van der Waals surface area contributed by atoms with Gasteiger partial charge in [0.1, 0.15) is 12.6 Å². The highest BCUT2D eigenvalue weighted by atomic mass is 32.1. The van der Waals surface area contributed by atoms with E-state index in [4.69, 9.17) is 10.8 Å². The average molecular weight is 256 g/mol. The van der Waals surface area contributed by atoms with Crippen LogP contribution in [-0.4, -0.2) is 35.0 Å². The summed E-state index contributed by atoms with van der Waals surface area (Å²) >= 11 is 1.39. The molecule has 5 nitrogen and oxygen atoms in total. The van der Waals surface area contributed by atoms with Gasteiger partial charge in [0.05, 0.1) is 0 Å². The standard InChI is InChI=1S/C11H16N2O3S/c1-2-5-13(7-9(14)15)11(16)10(12)8-4-3-6-17-8/h3-4,6,10H,2,5,7,12H2,1H3,(H,14,15). The molecule has 1 amide bonds. The summed E-state index contributed by atoms with van der Waals surface area (Å²) in [4.78, 5) is 24.7. The van der Waals surface area contributed by atoms with Gasteiger partial charge in [-0.15, -0.1) is 11.3 Å². The van der Waals surface area contributed by atoms with Gasteiger partial charge in [0, 0.05) is 11.4 Å². The minimum absolute atomic E-state index is 0.300. The predicted octanol–water partition coefficient (Wildman–Crippen LogP) is 1.07. The van der Waals surface area contributed by atoms with E-state index in [9.17, 15) is 9.59 Å². The molecule has 0 aliphatic heterocycles. The fraction of sp³-hybridized carbons (Fsp3) is 0.455. The van der Waals surface area contributed by atoms with Gasteiger partial charge in [0.2, 0.25) is 5.91 Å². The summed E-state index contributed by atoms with van der Waals surface area (Å²) in [7, 11) is 0. The molecule has 17 heavy (non-hydrogen) atoms. The van der Waals surface area contributed by atoms with E-state index >= 15 is 0 Å². The lowest BCUT2D eigenvalue weighted by Crippen LogP contribution is -2.41. The first kappa shape index (κ1) is 13.7. The highest BCUT2D eigenvalue weighted by molar-refractivity contribution is 7.10. The largest absolute Gasteiger partial charge is 0.480 e. The molecule has 0 bridgehead atoms. The number of hydrogen-bond donors (Lipinski definition) is 2. The maximum atomic E-state index is 12.0. The number of amides is 1. The molecule has 1 aromatic rings. The Labute approximate surface area is 104 Å². The second-order valence-electron chi connectivity index (χ2n) is 3.65. The van der Waals surface area contributed by atoms with Gasteiger partial charge in [0.15, 0.2) is 0 Å². The van der Waals surface area contributed by atoms with Crippen molar-refractivity contribution in [3.05, 3.63) is 22.4 Å². The Kier molecular flexibility index (Phi) is 5.11. The number of carbonyl (C=O) groups excluding carboxylic acids is 1. The predicted molar refractivity (Wildman–Crippen MR) is 65.8 cm³/mol. The highest BCUT2D eigenvalue weighted by Crippen LogP contribution is 2.18. The second-order valence-corrected chi connectivity index (χ2v) is 4.63. The Morgan fingerprint density at radius 2 is 2.29 bits per heavy atom. The first-order chi connectivity index (χ1) is 8.06. The van der Waals surface area contributed by atoms with Crippen molar-refractivity contribution in [1.82, 2.24) is 4.90 Å². The molecule has 0 radical (unpaired) electrons. The van der Waals surface area contributed by atoms with Gasteiger partial charge < -0.3 is 15.7 Å². The van der Waals surface area contributed by atoms with E-state index in [0.717, 1.165) is 4.88 Å². The van der Waals surface area contributed by atoms with Crippen LogP contribution in [0, 0.1) is 0 Å². The summed E-state index contributed by atoms with van der Waals surface area (Å²) in [5, 5.41) is 10.6. The smallest absolute Gasteiger partial charge is 0.323 e. The van der Waals surface area contributed by atoms with Crippen molar-refractivity contribution in [2.45, 2.75) is 19.4 Å². The van der Waals surface area contributed by atoms with E-state index in [-0.39, 0.29) is 12.5 Å². The van der Waals surface area contributed by atoms with Crippen molar-refractivity contribution in [1.29, 1.82) is 0 Å². The molecule has 0 spiro atoms. The summed E-state index contributed by atoms with van der Waals surface area (Å²) in [5.74, 6) is -1.36. The molecular formula is C11H16N2O3S. The van der Waals surface area contributed by atoms with Gasteiger partial charge in [-0.05, 0) is 17.9 Å². The van der Waals surface area contributed by atoms with Crippen LogP contribution < -0.4 is 5.73 Å². The molecule has 0 aromatic carbocycles. The number of nitrogens with two attached hydrogens (primary N) is 1. The van der Waals surface area contributed by atoms with Crippen LogP contribution in [0.1, 0.15) is 24.3 Å². The van der Waals surface area contributed by atoms with E-state index in [1.807, 2.05) is 18.4 Å². The van der Waals surface area contributed by atoms with Crippen molar-refractivity contribution >= 4 is 23.2 Å². The highest BCUT2D eigenvalue weighted by Gasteiger charge is 2.24. The minimum atomic E-state index is -1.02. The number of carbonyl (C=O) groups is 2. The second kappa shape index (κ2) is 6.36. The Morgan fingerprint density at radius 1 is 1.59 bits per heavy atom. The third kappa shape index (κ3) is 3.83. The van der Waals surface area contributed by atoms with Crippen molar-refractivity contribution in [2.75, 3.05) is 13.1 Å². The lowest BCUT2D eigenvalue weighted by Gasteiger charge is -2.23. The summed E-state index contributed by atoms with van der Waals surface area (Å²) in [6, 6.07) is 2.83. The number of aliphatic carboxylic acids is 1. The maximum Gasteiger partial charge on any atom is 0.323 e. The van der Waals surface area contributed by atoms with Crippen LogP contribution in [0.15, 0.2) is 17.5 Å². The molecule has 1 atom stereocenters. The monoisotopic (exact) mass is 256 g/mol. The molecule has 0 aliphatic rings. The van der Waals surface area contributed by atoms with E-state index in [1.54, 1.807) is 6.07 Å². The van der Waals surface area contributed by atoms with Crippen LogP contribution in [0.5, 0.6) is 0 Å². The summed E-state index contributed by atoms with van der Waals surface area (Å²) in [6.07, 6.45) is 0.705. The zero-order valence-electron chi connectivity index (χ0n) is 9.63. The third-order valence-electron chi connectivity index (χ3n) is 2.25. The molecule has 1 unspecified atom stereocenters. The van der Waals surface area contributed by atoms with E-state index in [0.29, 0.717) is 13.0 Å². The van der Waals surface area contributed by atoms with E-state index in [2.05, 4.69) is 0 Å². The lowest BCUT2D eigenvalue weighted by atomic mass is 10.2. The normalized spacial score (nSPS) is 12.1. The van der Waals surface area contributed by atoms with Crippen molar-refractivity contribution in [3.63, 3.8) is 0 Å². The zero-order chi connectivity index (χ0) is 12.8. The number of thiophene rings is 1. The quantitative estimate of drug-likeness (QED) is 0.797. The van der Waals surface area contributed by atoms with Crippen LogP contribution >= 0.6 is 11.3 Å². The van der Waals surface area contributed by atoms with E-state index < -0.39 is 12.0 Å². The Hall–Kier alpha value is -1.40. The van der Waals surface area contributed by atoms with Gasteiger partial charge in [-0.2, -0.15) is 0 Å². The van der Waals surface area contributed by atoms with Gasteiger partial charge in [-0.1, -0.05) is 13.0 Å². The van der Waals surface area contributed by atoms with Crippen molar-refractivity contribution < 1.29 is 14.7 Å². The molecule has 1 rings (SSSR count). The molecule has 0 saturated carbocycles. The summed E-state index contributed by atoms with van der Waals surface area (Å²) in [5.41, 5.74) is 5.82. The number of carboxylic acid groups (broad SMARTS) is 1. The van der Waals surface area contributed by atoms with Crippen LogP contribution in [-0.2, 0) is 9.59 Å². The molecule has 6 heteroatoms. The van der Waals surface area contributed by atoms with Crippen LogP contribution in [0.2, 0.25) is 0 Å². The molecule has 0 aliphatic carbocycles. The molecule has 0 fully saturated rings. The van der Waals surface area contributed by atoms with Gasteiger partial charge >= 0.3 is 5.97 Å². The average Bonchev–Trinajstić information content (AvgIpc) is 2.79. The Balaban J connectivity index is 2.73. The maximum absolute atomic E-state index is 12.0. The number of hydrogen-bond acceptors (Lipinski definition) is 4. The first-order valence-corrected chi connectivity index (χ1v) is 6.23. The van der Waals surface area contributed by atoms with Gasteiger partial charge in [-0.25, -0.2) is 0 Å². The van der Waals surface area contributed by atoms with Crippen molar-refractivity contribution in [2.24, 2.45) is 5.73 Å². The minimum Gasteiger partial charge on any atom is -0.480 e. The SMILES string of the molecule is CCCN(CC(=O)O)C(=O)C(N)c1cccs1. The van der Waals surface area contributed by atoms with Gasteiger partial charge in [-0.3, -0.25) is 9.59 Å². The van der Waals surface area contributed by atoms with Crippen LogP contribution in [0.4, 0.5) is 0 Å². The van der Waals surface area contributed by atoms with Gasteiger partial charge in [0.25, 0.3) is 0 Å². The number of rotatable bonds is 6. The number of carboxylic acids is 1. The lowest BCUT2D eigenvalue weighted by molar-refractivity contribution is -0.145. The van der Waals surface area contributed by atoms with E-state index in [1.165, 1.54) is 16.2 Å². The van der Waals surface area contributed by atoms with Crippen molar-refractivity contribution in [3.8, 4) is 0 Å². The zero-order valence-corrected chi connectivity index (χ0v) is 10.4. The van der Waals surface area contributed by atoms with Crippen LogP contribution in [0.3, 0.4) is 0 Å². The fourth-order valence-corrected chi connectivity index (χ4v) is 2.21. The fourth-order valence-electron chi connectivity index (χ4n) is 1.49.